The topological polar surface area (TPSA) is 71.5 Å². The van der Waals surface area contributed by atoms with Crippen molar-refractivity contribution in [1.29, 1.82) is 0 Å². The first-order valence-electron chi connectivity index (χ1n) is 6.97. The molecule has 0 bridgehead atoms. The molecule has 22 heavy (non-hydrogen) atoms. The molecule has 7 heteroatoms. The standard InChI is InChI=1S/C15H27N3O2.2ClH/c1-15(2,3)13(6-7-18(4)5)17-14(19)11-8-12(9-16)20-10-11;;/h8,10,13H,6-7,9,16H2,1-5H3,(H,17,19);2*1H. The molecule has 3 N–H and O–H groups in total. The first-order chi connectivity index (χ1) is 9.24. The van der Waals surface area contributed by atoms with Crippen molar-refractivity contribution in [3.63, 3.8) is 0 Å². The van der Waals surface area contributed by atoms with Gasteiger partial charge < -0.3 is 20.4 Å². The van der Waals surface area contributed by atoms with Gasteiger partial charge >= 0.3 is 0 Å². The number of carbonyl (C=O) groups is 1. The minimum Gasteiger partial charge on any atom is -0.467 e. The largest absolute Gasteiger partial charge is 0.467 e. The number of amides is 1. The van der Waals surface area contributed by atoms with Gasteiger partial charge in [-0.3, -0.25) is 4.79 Å². The molecule has 0 aliphatic heterocycles. The predicted octanol–water partition coefficient (Wildman–Crippen LogP) is 2.68. The summed E-state index contributed by atoms with van der Waals surface area (Å²) in [4.78, 5) is 14.4. The maximum atomic E-state index is 12.3. The quantitative estimate of drug-likeness (QED) is 0.824. The minimum atomic E-state index is -0.105. The Morgan fingerprint density at radius 1 is 1.36 bits per heavy atom. The highest BCUT2D eigenvalue weighted by atomic mass is 35.5. The fourth-order valence-electron chi connectivity index (χ4n) is 1.96. The Kier molecular flexibility index (Phi) is 10.8. The Balaban J connectivity index is 0. The van der Waals surface area contributed by atoms with E-state index in [1.165, 1.54) is 6.26 Å². The molecule has 5 nitrogen and oxygen atoms in total. The zero-order valence-electron chi connectivity index (χ0n) is 14.0. The van der Waals surface area contributed by atoms with Gasteiger partial charge in [-0.15, -0.1) is 24.8 Å². The normalized spacial score (nSPS) is 12.3. The molecule has 0 aliphatic rings. The molecular formula is C15H29Cl2N3O2. The van der Waals surface area contributed by atoms with E-state index in [1.54, 1.807) is 6.07 Å². The van der Waals surface area contributed by atoms with Crippen LogP contribution < -0.4 is 11.1 Å². The smallest absolute Gasteiger partial charge is 0.254 e. The molecule has 1 rings (SSSR count). The van der Waals surface area contributed by atoms with Crippen molar-refractivity contribution >= 4 is 30.7 Å². The molecule has 1 atom stereocenters. The number of rotatable bonds is 6. The van der Waals surface area contributed by atoms with Crippen molar-refractivity contribution in [3.8, 4) is 0 Å². The molecular weight excluding hydrogens is 325 g/mol. The summed E-state index contributed by atoms with van der Waals surface area (Å²) < 4.78 is 5.21. The maximum Gasteiger partial charge on any atom is 0.254 e. The molecule has 0 radical (unpaired) electrons. The molecule has 1 aromatic rings. The van der Waals surface area contributed by atoms with Crippen molar-refractivity contribution in [2.75, 3.05) is 20.6 Å². The van der Waals surface area contributed by atoms with Crippen LogP contribution in [0, 0.1) is 5.41 Å². The van der Waals surface area contributed by atoms with E-state index in [1.807, 2.05) is 14.1 Å². The second-order valence-electron chi connectivity index (χ2n) is 6.49. The average molecular weight is 354 g/mol. The lowest BCUT2D eigenvalue weighted by Crippen LogP contribution is -2.45. The van der Waals surface area contributed by atoms with Gasteiger partial charge in [-0.05, 0) is 38.5 Å². The van der Waals surface area contributed by atoms with Crippen LogP contribution in [-0.4, -0.2) is 37.5 Å². The molecule has 0 saturated heterocycles. The number of nitrogens with zero attached hydrogens (tertiary/aromatic N) is 1. The summed E-state index contributed by atoms with van der Waals surface area (Å²) >= 11 is 0. The van der Waals surface area contributed by atoms with E-state index in [9.17, 15) is 4.79 Å². The summed E-state index contributed by atoms with van der Waals surface area (Å²) in [7, 11) is 4.07. The Hall–Kier alpha value is -0.750. The summed E-state index contributed by atoms with van der Waals surface area (Å²) in [5.41, 5.74) is 6.02. The Labute approximate surface area is 145 Å². The lowest BCUT2D eigenvalue weighted by Gasteiger charge is -2.32. The number of halogens is 2. The van der Waals surface area contributed by atoms with Crippen LogP contribution in [0.15, 0.2) is 16.7 Å². The van der Waals surface area contributed by atoms with Crippen molar-refractivity contribution in [1.82, 2.24) is 10.2 Å². The molecule has 1 unspecified atom stereocenters. The van der Waals surface area contributed by atoms with Crippen LogP contribution in [0.5, 0.6) is 0 Å². The van der Waals surface area contributed by atoms with Crippen molar-refractivity contribution in [3.05, 3.63) is 23.7 Å². The van der Waals surface area contributed by atoms with Gasteiger partial charge in [0.2, 0.25) is 0 Å². The van der Waals surface area contributed by atoms with E-state index < -0.39 is 0 Å². The monoisotopic (exact) mass is 353 g/mol. The molecule has 0 aliphatic carbocycles. The summed E-state index contributed by atoms with van der Waals surface area (Å²) in [6.07, 6.45) is 2.37. The highest BCUT2D eigenvalue weighted by Crippen LogP contribution is 2.22. The Bertz CT molecular complexity index is 442. The van der Waals surface area contributed by atoms with Crippen LogP contribution in [-0.2, 0) is 6.54 Å². The summed E-state index contributed by atoms with van der Waals surface area (Å²) in [5, 5.41) is 3.10. The fourth-order valence-corrected chi connectivity index (χ4v) is 1.96. The van der Waals surface area contributed by atoms with Gasteiger partial charge in [0.1, 0.15) is 12.0 Å². The number of furan rings is 1. The van der Waals surface area contributed by atoms with E-state index in [0.717, 1.165) is 13.0 Å². The Morgan fingerprint density at radius 3 is 2.36 bits per heavy atom. The number of hydrogen-bond donors (Lipinski definition) is 2. The van der Waals surface area contributed by atoms with Gasteiger partial charge in [0, 0.05) is 6.04 Å². The lowest BCUT2D eigenvalue weighted by atomic mass is 9.84. The summed E-state index contributed by atoms with van der Waals surface area (Å²) in [6, 6.07) is 1.80. The van der Waals surface area contributed by atoms with Crippen LogP contribution in [0.4, 0.5) is 0 Å². The molecule has 130 valence electrons. The van der Waals surface area contributed by atoms with Crippen LogP contribution >= 0.6 is 24.8 Å². The number of nitrogens with one attached hydrogen (secondary N) is 1. The molecule has 0 fully saturated rings. The van der Waals surface area contributed by atoms with Gasteiger partial charge in [0.15, 0.2) is 0 Å². The van der Waals surface area contributed by atoms with Crippen LogP contribution in [0.1, 0.15) is 43.3 Å². The highest BCUT2D eigenvalue weighted by molar-refractivity contribution is 5.94. The second-order valence-corrected chi connectivity index (χ2v) is 6.49. The Morgan fingerprint density at radius 2 is 1.95 bits per heavy atom. The van der Waals surface area contributed by atoms with E-state index >= 15 is 0 Å². The average Bonchev–Trinajstić information content (AvgIpc) is 2.81. The highest BCUT2D eigenvalue weighted by Gasteiger charge is 2.26. The summed E-state index contributed by atoms with van der Waals surface area (Å²) in [6.45, 7) is 7.63. The molecule has 1 aromatic heterocycles. The summed E-state index contributed by atoms with van der Waals surface area (Å²) in [5.74, 6) is 0.517. The van der Waals surface area contributed by atoms with E-state index in [2.05, 4.69) is 31.0 Å². The maximum absolute atomic E-state index is 12.3. The molecule has 1 amide bonds. The molecule has 0 spiro atoms. The lowest BCUT2D eigenvalue weighted by molar-refractivity contribution is 0.0892. The van der Waals surface area contributed by atoms with Gasteiger partial charge in [-0.2, -0.15) is 0 Å². The SMILES string of the molecule is CN(C)CCC(NC(=O)c1coc(CN)c1)C(C)(C)C.Cl.Cl. The first kappa shape index (κ1) is 23.5. The van der Waals surface area contributed by atoms with Crippen LogP contribution in [0.3, 0.4) is 0 Å². The van der Waals surface area contributed by atoms with Gasteiger partial charge in [0.25, 0.3) is 5.91 Å². The van der Waals surface area contributed by atoms with Gasteiger partial charge in [-0.1, -0.05) is 20.8 Å². The third kappa shape index (κ3) is 7.49. The van der Waals surface area contributed by atoms with Crippen molar-refractivity contribution < 1.29 is 9.21 Å². The third-order valence-corrected chi connectivity index (χ3v) is 3.33. The van der Waals surface area contributed by atoms with E-state index in [0.29, 0.717) is 17.9 Å². The van der Waals surface area contributed by atoms with Crippen LogP contribution in [0.2, 0.25) is 0 Å². The number of carbonyl (C=O) groups excluding carboxylic acids is 1. The predicted molar refractivity (Wildman–Crippen MR) is 95.0 cm³/mol. The van der Waals surface area contributed by atoms with Crippen molar-refractivity contribution in [2.45, 2.75) is 39.8 Å². The van der Waals surface area contributed by atoms with E-state index in [4.69, 9.17) is 10.2 Å². The zero-order valence-corrected chi connectivity index (χ0v) is 15.6. The first-order valence-corrected chi connectivity index (χ1v) is 6.97. The number of hydrogen-bond acceptors (Lipinski definition) is 4. The number of nitrogens with two attached hydrogens (primary N) is 1. The fraction of sp³-hybridized carbons (Fsp3) is 0.667. The van der Waals surface area contributed by atoms with E-state index in [-0.39, 0.29) is 42.2 Å². The molecule has 0 aromatic carbocycles. The molecule has 0 saturated carbocycles. The minimum absolute atomic E-state index is 0. The zero-order chi connectivity index (χ0) is 15.3. The van der Waals surface area contributed by atoms with Crippen molar-refractivity contribution in [2.24, 2.45) is 11.1 Å². The van der Waals surface area contributed by atoms with Gasteiger partial charge in [0.05, 0.1) is 12.1 Å². The molecule has 1 heterocycles. The third-order valence-electron chi connectivity index (χ3n) is 3.33. The van der Waals surface area contributed by atoms with Crippen LogP contribution in [0.25, 0.3) is 0 Å². The second kappa shape index (κ2) is 10.1. The van der Waals surface area contributed by atoms with Gasteiger partial charge in [-0.25, -0.2) is 0 Å².